The van der Waals surface area contributed by atoms with E-state index in [9.17, 15) is 31.4 Å². The van der Waals surface area contributed by atoms with Crippen LogP contribution in [0.1, 0.15) is 35.5 Å². The maximum Gasteiger partial charge on any atom is 0.449 e. The van der Waals surface area contributed by atoms with Crippen LogP contribution in [-0.2, 0) is 25.7 Å². The van der Waals surface area contributed by atoms with E-state index in [2.05, 4.69) is 16.9 Å². The lowest BCUT2D eigenvalue weighted by Gasteiger charge is -2.33. The summed E-state index contributed by atoms with van der Waals surface area (Å²) >= 11 is 0. The Morgan fingerprint density at radius 3 is 2.57 bits per heavy atom. The van der Waals surface area contributed by atoms with Gasteiger partial charge < -0.3 is 24.7 Å². The third-order valence-electron chi connectivity index (χ3n) is 6.18. The Hall–Kier alpha value is -3.29. The highest BCUT2D eigenvalue weighted by atomic mass is 19.4. The molecule has 0 saturated carbocycles. The molecular formula is C24H25F6N5O2. The van der Waals surface area contributed by atoms with Gasteiger partial charge in [0.15, 0.2) is 23.6 Å². The number of imidazole rings is 1. The molecule has 7 nitrogen and oxygen atoms in total. The standard InChI is InChI=1S/C24H25F6N5O2/c1-12(7-14(31)8-13-9-16(26)17(27)10-15(13)25)34-5-6-35-18(11-34)21(33-23(35)24(28,29)30)19-3-4-20(37-19)22(36)32-2/h3-4,9-10,14,22,32,36H,1,5-8,11,31H2,2H3. The number of nitrogens with one attached hydrogen (secondary N) is 1. The molecule has 3 aromatic rings. The molecule has 1 aliphatic heterocycles. The average molecular weight is 529 g/mol. The van der Waals surface area contributed by atoms with E-state index >= 15 is 0 Å². The van der Waals surface area contributed by atoms with E-state index in [0.717, 1.165) is 10.6 Å². The van der Waals surface area contributed by atoms with Crippen molar-refractivity contribution in [3.05, 3.63) is 76.8 Å². The lowest BCUT2D eigenvalue weighted by Crippen LogP contribution is -2.36. The largest absolute Gasteiger partial charge is 0.455 e. The molecule has 13 heteroatoms. The summed E-state index contributed by atoms with van der Waals surface area (Å²) in [5.41, 5.74) is 6.71. The van der Waals surface area contributed by atoms with Crippen LogP contribution in [0.3, 0.4) is 0 Å². The Labute approximate surface area is 208 Å². The molecule has 0 fully saturated rings. The van der Waals surface area contributed by atoms with E-state index in [-0.39, 0.29) is 60.9 Å². The fraction of sp³-hybridized carbons (Fsp3) is 0.375. The number of nitrogens with two attached hydrogens (primary N) is 1. The minimum atomic E-state index is -4.71. The quantitative estimate of drug-likeness (QED) is 0.232. The van der Waals surface area contributed by atoms with Crippen molar-refractivity contribution in [3.8, 4) is 11.5 Å². The normalized spacial score (nSPS) is 15.5. The van der Waals surface area contributed by atoms with E-state index in [4.69, 9.17) is 10.2 Å². The molecule has 0 radical (unpaired) electrons. The molecule has 0 amide bonds. The highest BCUT2D eigenvalue weighted by Crippen LogP contribution is 2.37. The van der Waals surface area contributed by atoms with Gasteiger partial charge in [0.1, 0.15) is 17.3 Å². The van der Waals surface area contributed by atoms with Gasteiger partial charge in [-0.1, -0.05) is 6.58 Å². The molecule has 0 saturated heterocycles. The Bertz CT molecular complexity index is 1300. The maximum absolute atomic E-state index is 14.0. The molecule has 200 valence electrons. The zero-order chi connectivity index (χ0) is 27.1. The van der Waals surface area contributed by atoms with Crippen molar-refractivity contribution in [1.82, 2.24) is 19.8 Å². The van der Waals surface area contributed by atoms with Crippen LogP contribution in [0.4, 0.5) is 26.3 Å². The predicted octanol–water partition coefficient (Wildman–Crippen LogP) is 4.08. The zero-order valence-corrected chi connectivity index (χ0v) is 19.7. The second kappa shape index (κ2) is 10.2. The van der Waals surface area contributed by atoms with Gasteiger partial charge in [-0.3, -0.25) is 5.32 Å². The molecule has 2 unspecified atom stereocenters. The fourth-order valence-electron chi connectivity index (χ4n) is 4.33. The summed E-state index contributed by atoms with van der Waals surface area (Å²) in [6.07, 6.45) is -5.82. The second-order valence-electron chi connectivity index (χ2n) is 8.79. The van der Waals surface area contributed by atoms with E-state index in [1.165, 1.54) is 19.2 Å². The SMILES string of the molecule is C=C(CC(N)Cc1cc(F)c(F)cc1F)N1CCn2c(C(F)(F)F)nc(-c3ccc(C(O)NC)o3)c2C1. The van der Waals surface area contributed by atoms with Crippen molar-refractivity contribution in [2.75, 3.05) is 13.6 Å². The first-order chi connectivity index (χ1) is 17.4. The monoisotopic (exact) mass is 529 g/mol. The number of aliphatic hydroxyl groups is 1. The first-order valence-electron chi connectivity index (χ1n) is 11.3. The van der Waals surface area contributed by atoms with Crippen LogP contribution in [-0.4, -0.2) is 39.2 Å². The lowest BCUT2D eigenvalue weighted by molar-refractivity contribution is -0.147. The Morgan fingerprint density at radius 2 is 1.89 bits per heavy atom. The molecule has 1 aliphatic rings. The molecule has 2 atom stereocenters. The summed E-state index contributed by atoms with van der Waals surface area (Å²) in [5.74, 6) is -4.32. The highest BCUT2D eigenvalue weighted by Gasteiger charge is 2.41. The highest BCUT2D eigenvalue weighted by molar-refractivity contribution is 5.57. The first-order valence-corrected chi connectivity index (χ1v) is 11.3. The van der Waals surface area contributed by atoms with E-state index in [1.807, 2.05) is 0 Å². The molecule has 4 N–H and O–H groups in total. The Morgan fingerprint density at radius 1 is 1.19 bits per heavy atom. The zero-order valence-electron chi connectivity index (χ0n) is 19.7. The molecule has 0 spiro atoms. The molecule has 3 heterocycles. The summed E-state index contributed by atoms with van der Waals surface area (Å²) in [7, 11) is 1.49. The van der Waals surface area contributed by atoms with Crippen molar-refractivity contribution < 1.29 is 35.9 Å². The smallest absolute Gasteiger partial charge is 0.449 e. The van der Waals surface area contributed by atoms with Crippen molar-refractivity contribution >= 4 is 0 Å². The van der Waals surface area contributed by atoms with Gasteiger partial charge in [0.2, 0.25) is 5.82 Å². The number of aliphatic hydroxyl groups excluding tert-OH is 1. The van der Waals surface area contributed by atoms with Gasteiger partial charge in [0.25, 0.3) is 0 Å². The van der Waals surface area contributed by atoms with Crippen molar-refractivity contribution in [2.24, 2.45) is 5.73 Å². The Balaban J connectivity index is 1.55. The van der Waals surface area contributed by atoms with Crippen LogP contribution in [0, 0.1) is 17.5 Å². The maximum atomic E-state index is 14.0. The van der Waals surface area contributed by atoms with Crippen LogP contribution in [0.5, 0.6) is 0 Å². The number of rotatable bonds is 8. The van der Waals surface area contributed by atoms with E-state index in [1.54, 1.807) is 4.90 Å². The summed E-state index contributed by atoms with van der Waals surface area (Å²) in [6, 6.07) is 3.36. The molecule has 1 aromatic carbocycles. The van der Waals surface area contributed by atoms with Gasteiger partial charge in [-0.2, -0.15) is 13.2 Å². The summed E-state index contributed by atoms with van der Waals surface area (Å²) < 4.78 is 88.5. The van der Waals surface area contributed by atoms with Crippen LogP contribution in [0.2, 0.25) is 0 Å². The predicted molar refractivity (Wildman–Crippen MR) is 121 cm³/mol. The van der Waals surface area contributed by atoms with Crippen LogP contribution >= 0.6 is 0 Å². The van der Waals surface area contributed by atoms with E-state index in [0.29, 0.717) is 11.8 Å². The summed E-state index contributed by atoms with van der Waals surface area (Å²) in [4.78, 5) is 5.55. The molecule has 4 rings (SSSR count). The van der Waals surface area contributed by atoms with Gasteiger partial charge in [0.05, 0.1) is 12.2 Å². The number of nitrogens with zero attached hydrogens (tertiary/aromatic N) is 3. The topological polar surface area (TPSA) is 92.5 Å². The number of aromatic nitrogens is 2. The van der Waals surface area contributed by atoms with Gasteiger partial charge in [-0.25, -0.2) is 18.2 Å². The minimum Gasteiger partial charge on any atom is -0.455 e. The lowest BCUT2D eigenvalue weighted by atomic mass is 10.0. The number of alkyl halides is 3. The number of hydrogen-bond acceptors (Lipinski definition) is 6. The number of furan rings is 1. The van der Waals surface area contributed by atoms with Gasteiger partial charge in [-0.05, 0) is 37.2 Å². The third-order valence-corrected chi connectivity index (χ3v) is 6.18. The third kappa shape index (κ3) is 5.53. The van der Waals surface area contributed by atoms with Gasteiger partial charge in [0, 0.05) is 37.3 Å². The van der Waals surface area contributed by atoms with Crippen LogP contribution in [0.15, 0.2) is 41.0 Å². The first kappa shape index (κ1) is 26.8. The van der Waals surface area contributed by atoms with Crippen molar-refractivity contribution in [3.63, 3.8) is 0 Å². The summed E-state index contributed by atoms with van der Waals surface area (Å²) in [5, 5.41) is 12.5. The Kier molecular flexibility index (Phi) is 7.40. The number of benzene rings is 1. The van der Waals surface area contributed by atoms with Crippen molar-refractivity contribution in [1.29, 1.82) is 0 Å². The fourth-order valence-corrected chi connectivity index (χ4v) is 4.33. The summed E-state index contributed by atoms with van der Waals surface area (Å²) in [6.45, 7) is 4.13. The van der Waals surface area contributed by atoms with Crippen LogP contribution < -0.4 is 11.1 Å². The molecule has 0 aliphatic carbocycles. The molecule has 37 heavy (non-hydrogen) atoms. The van der Waals surface area contributed by atoms with Gasteiger partial charge >= 0.3 is 6.18 Å². The molecular weight excluding hydrogens is 504 g/mol. The number of fused-ring (bicyclic) bond motifs is 1. The molecule has 2 aromatic heterocycles. The van der Waals surface area contributed by atoms with Crippen LogP contribution in [0.25, 0.3) is 11.5 Å². The van der Waals surface area contributed by atoms with Gasteiger partial charge in [-0.15, -0.1) is 0 Å². The van der Waals surface area contributed by atoms with E-state index < -0.39 is 41.7 Å². The van der Waals surface area contributed by atoms with Crippen molar-refractivity contribution in [2.45, 2.75) is 44.4 Å². The number of halogens is 6. The molecule has 0 bridgehead atoms. The average Bonchev–Trinajstić information content (AvgIpc) is 3.46. The number of hydrogen-bond donors (Lipinski definition) is 3. The minimum absolute atomic E-state index is 0.00805. The second-order valence-corrected chi connectivity index (χ2v) is 8.79.